The Morgan fingerprint density at radius 3 is 2.50 bits per heavy atom. The number of carbonyl (C=O) groups excluding carboxylic acids is 3. The molecule has 1 aliphatic heterocycles. The van der Waals surface area contributed by atoms with E-state index in [1.807, 2.05) is 13.8 Å². The highest BCUT2D eigenvalue weighted by Gasteiger charge is 2.56. The van der Waals surface area contributed by atoms with Gasteiger partial charge in [0.05, 0.1) is 0 Å². The molecule has 0 aromatic rings. The number of imide groups is 1. The van der Waals surface area contributed by atoms with Gasteiger partial charge in [0.2, 0.25) is 5.91 Å². The van der Waals surface area contributed by atoms with E-state index in [1.54, 1.807) is 6.92 Å². The van der Waals surface area contributed by atoms with Crippen molar-refractivity contribution in [2.45, 2.75) is 58.0 Å². The SMILES string of the molecule is CCC(CC)NC(=O)CN1C(=O)NC(C)(C2CC2)C1=O. The van der Waals surface area contributed by atoms with Crippen molar-refractivity contribution in [2.75, 3.05) is 6.54 Å². The molecule has 1 heterocycles. The van der Waals surface area contributed by atoms with Crippen molar-refractivity contribution in [2.24, 2.45) is 5.92 Å². The van der Waals surface area contributed by atoms with E-state index in [2.05, 4.69) is 10.6 Å². The van der Waals surface area contributed by atoms with Crippen LogP contribution in [-0.2, 0) is 9.59 Å². The molecule has 0 aromatic carbocycles. The highest BCUT2D eigenvalue weighted by Crippen LogP contribution is 2.42. The minimum absolute atomic E-state index is 0.0954. The standard InChI is InChI=1S/C14H23N3O3/c1-4-10(5-2)15-11(18)8-17-12(19)14(3,9-6-7-9)16-13(17)20/h9-10H,4-8H2,1-3H3,(H,15,18)(H,16,20). The Bertz CT molecular complexity index is 429. The molecule has 2 aliphatic rings. The number of nitrogens with one attached hydrogen (secondary N) is 2. The van der Waals surface area contributed by atoms with E-state index in [-0.39, 0.29) is 30.3 Å². The zero-order valence-electron chi connectivity index (χ0n) is 12.4. The van der Waals surface area contributed by atoms with Crippen molar-refractivity contribution in [1.82, 2.24) is 15.5 Å². The van der Waals surface area contributed by atoms with Gasteiger partial charge in [0, 0.05) is 6.04 Å². The van der Waals surface area contributed by atoms with Crippen LogP contribution in [-0.4, -0.2) is 40.9 Å². The first-order valence-corrected chi connectivity index (χ1v) is 7.35. The molecular weight excluding hydrogens is 258 g/mol. The summed E-state index contributed by atoms with van der Waals surface area (Å²) in [6.07, 6.45) is 3.58. The third-order valence-corrected chi connectivity index (χ3v) is 4.35. The first kappa shape index (κ1) is 14.8. The molecule has 20 heavy (non-hydrogen) atoms. The zero-order chi connectivity index (χ0) is 14.9. The van der Waals surface area contributed by atoms with Crippen molar-refractivity contribution >= 4 is 17.8 Å². The summed E-state index contributed by atoms with van der Waals surface area (Å²) in [5, 5.41) is 5.58. The molecule has 0 radical (unpaired) electrons. The maximum atomic E-state index is 12.3. The molecule has 2 fully saturated rings. The Labute approximate surface area is 119 Å². The van der Waals surface area contributed by atoms with Crippen LogP contribution < -0.4 is 10.6 Å². The average molecular weight is 281 g/mol. The molecule has 1 unspecified atom stereocenters. The first-order valence-electron chi connectivity index (χ1n) is 7.35. The molecule has 0 bridgehead atoms. The van der Waals surface area contributed by atoms with E-state index < -0.39 is 11.6 Å². The molecule has 6 heteroatoms. The van der Waals surface area contributed by atoms with E-state index in [0.29, 0.717) is 0 Å². The molecule has 1 atom stereocenters. The summed E-state index contributed by atoms with van der Waals surface area (Å²) < 4.78 is 0. The lowest BCUT2D eigenvalue weighted by atomic mass is 9.96. The third kappa shape index (κ3) is 2.64. The second-order valence-electron chi connectivity index (χ2n) is 5.88. The summed E-state index contributed by atoms with van der Waals surface area (Å²) in [4.78, 5) is 37.2. The van der Waals surface area contributed by atoms with Gasteiger partial charge in [0.1, 0.15) is 12.1 Å². The van der Waals surface area contributed by atoms with Crippen molar-refractivity contribution < 1.29 is 14.4 Å². The quantitative estimate of drug-likeness (QED) is 0.713. The van der Waals surface area contributed by atoms with E-state index in [9.17, 15) is 14.4 Å². The topological polar surface area (TPSA) is 78.5 Å². The largest absolute Gasteiger partial charge is 0.352 e. The summed E-state index contributed by atoms with van der Waals surface area (Å²) in [6, 6.07) is -0.359. The predicted molar refractivity (Wildman–Crippen MR) is 73.9 cm³/mol. The molecule has 6 nitrogen and oxygen atoms in total. The minimum atomic E-state index is -0.813. The molecule has 4 amide bonds. The van der Waals surface area contributed by atoms with Gasteiger partial charge in [-0.05, 0) is 38.5 Å². The van der Waals surface area contributed by atoms with Crippen molar-refractivity contribution in [3.63, 3.8) is 0 Å². The van der Waals surface area contributed by atoms with E-state index in [4.69, 9.17) is 0 Å². The Morgan fingerprint density at radius 2 is 2.00 bits per heavy atom. The van der Waals surface area contributed by atoms with Gasteiger partial charge in [-0.3, -0.25) is 14.5 Å². The maximum absolute atomic E-state index is 12.3. The Balaban J connectivity index is 1.97. The molecule has 1 aliphatic carbocycles. The van der Waals surface area contributed by atoms with E-state index >= 15 is 0 Å². The van der Waals surface area contributed by atoms with E-state index in [1.165, 1.54) is 0 Å². The van der Waals surface area contributed by atoms with Gasteiger partial charge in [0.15, 0.2) is 0 Å². The summed E-state index contributed by atoms with van der Waals surface area (Å²) in [7, 11) is 0. The van der Waals surface area contributed by atoms with Crippen LogP contribution in [0.2, 0.25) is 0 Å². The minimum Gasteiger partial charge on any atom is -0.352 e. The molecule has 1 saturated carbocycles. The zero-order valence-corrected chi connectivity index (χ0v) is 12.4. The normalized spacial score (nSPS) is 26.1. The predicted octanol–water partition coefficient (Wildman–Crippen LogP) is 1.01. The Kier molecular flexibility index (Phi) is 4.01. The van der Waals surface area contributed by atoms with Gasteiger partial charge in [-0.2, -0.15) is 0 Å². The van der Waals surface area contributed by atoms with Crippen LogP contribution in [0.3, 0.4) is 0 Å². The second kappa shape index (κ2) is 5.42. The van der Waals surface area contributed by atoms with Gasteiger partial charge >= 0.3 is 6.03 Å². The molecule has 112 valence electrons. The number of amides is 4. The Hall–Kier alpha value is -1.59. The van der Waals surface area contributed by atoms with Crippen LogP contribution in [0.25, 0.3) is 0 Å². The summed E-state index contributed by atoms with van der Waals surface area (Å²) in [5.74, 6) is -0.335. The molecule has 0 aromatic heterocycles. The maximum Gasteiger partial charge on any atom is 0.325 e. The van der Waals surface area contributed by atoms with Gasteiger partial charge in [-0.15, -0.1) is 0 Å². The van der Waals surface area contributed by atoms with Crippen molar-refractivity contribution in [3.05, 3.63) is 0 Å². The lowest BCUT2D eigenvalue weighted by molar-refractivity contribution is -0.135. The lowest BCUT2D eigenvalue weighted by Crippen LogP contribution is -2.47. The number of hydrogen-bond acceptors (Lipinski definition) is 3. The summed E-state index contributed by atoms with van der Waals surface area (Å²) in [5.41, 5.74) is -0.813. The number of carbonyl (C=O) groups is 3. The fraction of sp³-hybridized carbons (Fsp3) is 0.786. The van der Waals surface area contributed by atoms with E-state index in [0.717, 1.165) is 30.6 Å². The van der Waals surface area contributed by atoms with Crippen LogP contribution in [0, 0.1) is 5.92 Å². The molecular formula is C14H23N3O3. The van der Waals surface area contributed by atoms with Crippen molar-refractivity contribution in [1.29, 1.82) is 0 Å². The second-order valence-corrected chi connectivity index (χ2v) is 5.88. The summed E-state index contributed by atoms with van der Waals surface area (Å²) >= 11 is 0. The smallest absolute Gasteiger partial charge is 0.325 e. The van der Waals surface area contributed by atoms with Gasteiger partial charge < -0.3 is 10.6 Å². The lowest BCUT2D eigenvalue weighted by Gasteiger charge is -2.21. The number of hydrogen-bond donors (Lipinski definition) is 2. The highest BCUT2D eigenvalue weighted by atomic mass is 16.2. The van der Waals surface area contributed by atoms with Crippen LogP contribution in [0.5, 0.6) is 0 Å². The van der Waals surface area contributed by atoms with Crippen molar-refractivity contribution in [3.8, 4) is 0 Å². The average Bonchev–Trinajstić information content (AvgIpc) is 3.22. The molecule has 0 spiro atoms. The summed E-state index contributed by atoms with van der Waals surface area (Å²) in [6.45, 7) is 5.55. The fourth-order valence-corrected chi connectivity index (χ4v) is 2.71. The number of nitrogens with zero attached hydrogens (tertiary/aromatic N) is 1. The monoisotopic (exact) mass is 281 g/mol. The molecule has 1 saturated heterocycles. The van der Waals surface area contributed by atoms with Gasteiger partial charge in [0.25, 0.3) is 5.91 Å². The van der Waals surface area contributed by atoms with Crippen LogP contribution in [0.4, 0.5) is 4.79 Å². The first-order chi connectivity index (χ1) is 9.42. The van der Waals surface area contributed by atoms with Gasteiger partial charge in [-0.25, -0.2) is 4.79 Å². The highest BCUT2D eigenvalue weighted by molar-refractivity contribution is 6.09. The van der Waals surface area contributed by atoms with Crippen LogP contribution >= 0.6 is 0 Å². The number of rotatable bonds is 6. The molecule has 2 rings (SSSR count). The van der Waals surface area contributed by atoms with Crippen LogP contribution in [0.1, 0.15) is 46.5 Å². The number of urea groups is 1. The molecule has 2 N–H and O–H groups in total. The van der Waals surface area contributed by atoms with Gasteiger partial charge in [-0.1, -0.05) is 13.8 Å². The van der Waals surface area contributed by atoms with Crippen LogP contribution in [0.15, 0.2) is 0 Å². The fourth-order valence-electron chi connectivity index (χ4n) is 2.71. The Morgan fingerprint density at radius 1 is 1.40 bits per heavy atom. The third-order valence-electron chi connectivity index (χ3n) is 4.35.